The summed E-state index contributed by atoms with van der Waals surface area (Å²) in [6.07, 6.45) is 0.391. The fourth-order valence-corrected chi connectivity index (χ4v) is 3.10. The Hall–Kier alpha value is -2.41. The van der Waals surface area contributed by atoms with Gasteiger partial charge in [0.1, 0.15) is 18.7 Å². The Labute approximate surface area is 146 Å². The first-order chi connectivity index (χ1) is 11.9. The van der Waals surface area contributed by atoms with Crippen molar-refractivity contribution in [1.29, 1.82) is 0 Å². The summed E-state index contributed by atoms with van der Waals surface area (Å²) < 4.78 is 10.3. The Kier molecular flexibility index (Phi) is 4.51. The van der Waals surface area contributed by atoms with Crippen LogP contribution in [0.1, 0.15) is 25.8 Å². The summed E-state index contributed by atoms with van der Waals surface area (Å²) in [5.41, 5.74) is -0.609. The van der Waals surface area contributed by atoms with Crippen molar-refractivity contribution >= 4 is 17.9 Å². The molecule has 2 aliphatic rings. The number of hydrogen-bond donors (Lipinski definition) is 1. The fourth-order valence-electron chi connectivity index (χ4n) is 3.10. The maximum atomic E-state index is 12.9. The van der Waals surface area contributed by atoms with Crippen LogP contribution in [0.5, 0.6) is 0 Å². The molecule has 3 amide bonds. The number of amides is 3. The van der Waals surface area contributed by atoms with Crippen molar-refractivity contribution in [3.8, 4) is 0 Å². The summed E-state index contributed by atoms with van der Waals surface area (Å²) in [6, 6.07) is 8.47. The number of imide groups is 1. The van der Waals surface area contributed by atoms with E-state index in [9.17, 15) is 14.4 Å². The molecular formula is C18H22N2O5. The second kappa shape index (κ2) is 6.48. The van der Waals surface area contributed by atoms with Gasteiger partial charge in [-0.05, 0) is 12.0 Å². The van der Waals surface area contributed by atoms with Gasteiger partial charge in [0.2, 0.25) is 0 Å². The van der Waals surface area contributed by atoms with Crippen molar-refractivity contribution in [2.24, 2.45) is 5.41 Å². The van der Waals surface area contributed by atoms with Gasteiger partial charge in [-0.3, -0.25) is 14.5 Å². The number of rotatable bonds is 6. The highest BCUT2D eigenvalue weighted by Crippen LogP contribution is 2.32. The Morgan fingerprint density at radius 1 is 1.28 bits per heavy atom. The molecule has 2 heterocycles. The van der Waals surface area contributed by atoms with Crippen LogP contribution in [-0.2, 0) is 24.6 Å². The molecule has 134 valence electrons. The van der Waals surface area contributed by atoms with Crippen LogP contribution in [0.4, 0.5) is 4.79 Å². The first kappa shape index (κ1) is 17.4. The molecule has 3 rings (SSSR count). The topological polar surface area (TPSA) is 84.9 Å². The number of urea groups is 1. The standard InChI is InChI=1S/C18H22N2O5/c1-3-18(13-7-5-4-6-8-13)15(22)20(16(23)19-18)9-14(21)25-12-17(2)10-24-11-17/h4-8H,3,9-12H2,1-2H3,(H,19,23)/t18-/m0/s1. The number of carbonyl (C=O) groups is 3. The van der Waals surface area contributed by atoms with E-state index >= 15 is 0 Å². The van der Waals surface area contributed by atoms with E-state index in [1.54, 1.807) is 12.1 Å². The highest BCUT2D eigenvalue weighted by Gasteiger charge is 2.51. The summed E-state index contributed by atoms with van der Waals surface area (Å²) >= 11 is 0. The van der Waals surface area contributed by atoms with E-state index in [4.69, 9.17) is 9.47 Å². The van der Waals surface area contributed by atoms with Crippen LogP contribution in [0.25, 0.3) is 0 Å². The van der Waals surface area contributed by atoms with E-state index in [0.29, 0.717) is 25.2 Å². The van der Waals surface area contributed by atoms with Gasteiger partial charge in [-0.25, -0.2) is 4.79 Å². The highest BCUT2D eigenvalue weighted by atomic mass is 16.5. The SMILES string of the molecule is CC[C@@]1(c2ccccc2)NC(=O)N(CC(=O)OCC2(C)COC2)C1=O. The first-order valence-corrected chi connectivity index (χ1v) is 8.33. The molecule has 2 fully saturated rings. The van der Waals surface area contributed by atoms with Crippen LogP contribution < -0.4 is 5.32 Å². The molecule has 1 atom stereocenters. The molecule has 1 aromatic rings. The lowest BCUT2D eigenvalue weighted by molar-refractivity contribution is -0.166. The third kappa shape index (κ3) is 3.11. The molecule has 0 spiro atoms. The smallest absolute Gasteiger partial charge is 0.326 e. The molecule has 2 saturated heterocycles. The molecular weight excluding hydrogens is 324 g/mol. The van der Waals surface area contributed by atoms with Crippen molar-refractivity contribution in [3.05, 3.63) is 35.9 Å². The molecule has 2 aliphatic heterocycles. The summed E-state index contributed by atoms with van der Waals surface area (Å²) in [5.74, 6) is -1.03. The van der Waals surface area contributed by atoms with Gasteiger partial charge in [0.15, 0.2) is 0 Å². The molecule has 7 heteroatoms. The number of benzene rings is 1. The molecule has 0 unspecified atom stereocenters. The fraction of sp³-hybridized carbons (Fsp3) is 0.500. The normalized spacial score (nSPS) is 24.6. The zero-order chi connectivity index (χ0) is 18.1. The van der Waals surface area contributed by atoms with Gasteiger partial charge >= 0.3 is 12.0 Å². The van der Waals surface area contributed by atoms with Gasteiger partial charge in [0.25, 0.3) is 5.91 Å². The summed E-state index contributed by atoms with van der Waals surface area (Å²) in [4.78, 5) is 38.2. The van der Waals surface area contributed by atoms with Crippen LogP contribution in [0.15, 0.2) is 30.3 Å². The predicted octanol–water partition coefficient (Wildman–Crippen LogP) is 1.42. The second-order valence-corrected chi connectivity index (χ2v) is 6.91. The third-order valence-electron chi connectivity index (χ3n) is 4.74. The van der Waals surface area contributed by atoms with Crippen LogP contribution in [0, 0.1) is 5.41 Å². The van der Waals surface area contributed by atoms with E-state index in [-0.39, 0.29) is 12.0 Å². The van der Waals surface area contributed by atoms with Gasteiger partial charge in [-0.2, -0.15) is 0 Å². The molecule has 1 N–H and O–H groups in total. The van der Waals surface area contributed by atoms with Gasteiger partial charge in [0, 0.05) is 5.41 Å². The number of nitrogens with zero attached hydrogens (tertiary/aromatic N) is 1. The van der Waals surface area contributed by atoms with Crippen molar-refractivity contribution < 1.29 is 23.9 Å². The van der Waals surface area contributed by atoms with E-state index < -0.39 is 30.0 Å². The molecule has 0 radical (unpaired) electrons. The zero-order valence-electron chi connectivity index (χ0n) is 14.4. The van der Waals surface area contributed by atoms with Crippen LogP contribution in [0.2, 0.25) is 0 Å². The quantitative estimate of drug-likeness (QED) is 0.622. The van der Waals surface area contributed by atoms with Crippen molar-refractivity contribution in [2.45, 2.75) is 25.8 Å². The number of ether oxygens (including phenoxy) is 2. The Morgan fingerprint density at radius 3 is 2.52 bits per heavy atom. The average Bonchev–Trinajstić information content (AvgIpc) is 2.84. The van der Waals surface area contributed by atoms with Crippen LogP contribution >= 0.6 is 0 Å². The molecule has 0 saturated carbocycles. The monoisotopic (exact) mass is 346 g/mol. The summed E-state index contributed by atoms with van der Waals surface area (Å²) in [6.45, 7) is 4.68. The lowest BCUT2D eigenvalue weighted by Crippen LogP contribution is -2.45. The van der Waals surface area contributed by atoms with E-state index in [1.807, 2.05) is 32.0 Å². The summed E-state index contributed by atoms with van der Waals surface area (Å²) in [7, 11) is 0. The Bertz CT molecular complexity index is 686. The number of nitrogens with one attached hydrogen (secondary N) is 1. The molecule has 1 aromatic carbocycles. The van der Waals surface area contributed by atoms with Crippen LogP contribution in [-0.4, -0.2) is 49.2 Å². The van der Waals surface area contributed by atoms with E-state index in [0.717, 1.165) is 4.90 Å². The van der Waals surface area contributed by atoms with Crippen molar-refractivity contribution in [2.75, 3.05) is 26.4 Å². The van der Waals surface area contributed by atoms with Crippen LogP contribution in [0.3, 0.4) is 0 Å². The predicted molar refractivity (Wildman–Crippen MR) is 88.5 cm³/mol. The van der Waals surface area contributed by atoms with Gasteiger partial charge < -0.3 is 14.8 Å². The number of esters is 1. The molecule has 0 bridgehead atoms. The zero-order valence-corrected chi connectivity index (χ0v) is 14.4. The lowest BCUT2D eigenvalue weighted by Gasteiger charge is -2.37. The second-order valence-electron chi connectivity index (χ2n) is 6.91. The molecule has 7 nitrogen and oxygen atoms in total. The van der Waals surface area contributed by atoms with Crippen molar-refractivity contribution in [3.63, 3.8) is 0 Å². The molecule has 0 aliphatic carbocycles. The number of hydrogen-bond acceptors (Lipinski definition) is 5. The minimum atomic E-state index is -1.13. The maximum absolute atomic E-state index is 12.9. The minimum Gasteiger partial charge on any atom is -0.464 e. The average molecular weight is 346 g/mol. The van der Waals surface area contributed by atoms with E-state index in [2.05, 4.69) is 5.32 Å². The highest BCUT2D eigenvalue weighted by molar-refractivity contribution is 6.09. The Morgan fingerprint density at radius 2 is 1.96 bits per heavy atom. The number of carbonyl (C=O) groups excluding carboxylic acids is 3. The maximum Gasteiger partial charge on any atom is 0.326 e. The van der Waals surface area contributed by atoms with Crippen molar-refractivity contribution in [1.82, 2.24) is 10.2 Å². The van der Waals surface area contributed by atoms with E-state index in [1.165, 1.54) is 0 Å². The van der Waals surface area contributed by atoms with Gasteiger partial charge in [-0.15, -0.1) is 0 Å². The molecule has 25 heavy (non-hydrogen) atoms. The third-order valence-corrected chi connectivity index (χ3v) is 4.74. The Balaban J connectivity index is 1.69. The molecule has 0 aromatic heterocycles. The summed E-state index contributed by atoms with van der Waals surface area (Å²) in [5, 5.41) is 2.74. The minimum absolute atomic E-state index is 0.176. The van der Waals surface area contributed by atoms with Gasteiger partial charge in [-0.1, -0.05) is 44.2 Å². The van der Waals surface area contributed by atoms with Gasteiger partial charge in [0.05, 0.1) is 13.2 Å². The first-order valence-electron chi connectivity index (χ1n) is 8.33. The largest absolute Gasteiger partial charge is 0.464 e. The lowest BCUT2D eigenvalue weighted by atomic mass is 9.87.